The topological polar surface area (TPSA) is 83.5 Å². The Bertz CT molecular complexity index is 472. The maximum Gasteiger partial charge on any atom is 0.485 e. The Morgan fingerprint density at radius 1 is 1.32 bits per heavy atom. The summed E-state index contributed by atoms with van der Waals surface area (Å²) in [4.78, 5) is 11.0. The summed E-state index contributed by atoms with van der Waals surface area (Å²) < 4.78 is 64.9. The third kappa shape index (κ3) is 11.5. The van der Waals surface area contributed by atoms with Gasteiger partial charge in [0.25, 0.3) is 0 Å². The van der Waals surface area contributed by atoms with Crippen molar-refractivity contribution in [3.05, 3.63) is 12.2 Å². The van der Waals surface area contributed by atoms with Crippen LogP contribution in [0.4, 0.5) is 13.2 Å². The van der Waals surface area contributed by atoms with Crippen molar-refractivity contribution >= 4 is 16.1 Å². The van der Waals surface area contributed by atoms with E-state index in [4.69, 9.17) is 17.7 Å². The third-order valence-corrected chi connectivity index (χ3v) is 3.20. The molecule has 10 heteroatoms. The molecular weight excluding hydrogens is 327 g/mol. The van der Waals surface area contributed by atoms with Gasteiger partial charge < -0.3 is 13.8 Å². The number of quaternary nitrogens is 1. The summed E-state index contributed by atoms with van der Waals surface area (Å²) in [7, 11) is -1.76. The summed E-state index contributed by atoms with van der Waals surface area (Å²) in [5, 5.41) is 0. The van der Waals surface area contributed by atoms with Gasteiger partial charge in [0.05, 0.1) is 33.8 Å². The van der Waals surface area contributed by atoms with Crippen LogP contribution in [0.15, 0.2) is 12.2 Å². The van der Waals surface area contributed by atoms with Crippen molar-refractivity contribution in [2.24, 2.45) is 0 Å². The lowest BCUT2D eigenvalue weighted by Gasteiger charge is -2.27. The molecule has 0 unspecified atom stereocenters. The molecule has 0 aliphatic rings. The van der Waals surface area contributed by atoms with Gasteiger partial charge >= 0.3 is 11.5 Å². The smallest absolute Gasteiger partial charge is 0.485 e. The summed E-state index contributed by atoms with van der Waals surface area (Å²) in [6.45, 7) is 9.95. The van der Waals surface area contributed by atoms with Gasteiger partial charge in [-0.15, -0.1) is 0 Å². The number of rotatable bonds is 6. The molecule has 0 aliphatic heterocycles. The minimum atomic E-state index is -6.09. The molecule has 0 atom stereocenters. The third-order valence-electron chi connectivity index (χ3n) is 2.63. The van der Waals surface area contributed by atoms with Gasteiger partial charge in [-0.1, -0.05) is 6.58 Å². The van der Waals surface area contributed by atoms with Crippen LogP contribution in [0.2, 0.25) is 0 Å². The van der Waals surface area contributed by atoms with E-state index in [1.54, 1.807) is 6.92 Å². The molecule has 0 rings (SSSR count). The van der Waals surface area contributed by atoms with Gasteiger partial charge in [0.2, 0.25) is 0 Å². The average Bonchev–Trinajstić information content (AvgIpc) is 2.32. The Morgan fingerprint density at radius 2 is 1.73 bits per heavy atom. The molecule has 6 nitrogen and oxygen atoms in total. The number of nitrogens with zero attached hydrogens (tertiary/aromatic N) is 1. The number of hydrogen-bond donors (Lipinski definition) is 0. The normalized spacial score (nSPS) is 12.2. The van der Waals surface area contributed by atoms with E-state index in [-0.39, 0.29) is 5.97 Å². The fraction of sp³-hybridized carbons (Fsp3) is 0.750. The van der Waals surface area contributed by atoms with Gasteiger partial charge in [-0.25, -0.2) is 13.2 Å². The van der Waals surface area contributed by atoms with E-state index in [1.807, 2.05) is 0 Å². The first kappa shape index (κ1) is 23.1. The maximum absolute atomic E-state index is 11.0. The number of halogens is 3. The summed E-state index contributed by atoms with van der Waals surface area (Å²) in [5.74, 6) is -0.285. The number of esters is 1. The Morgan fingerprint density at radius 3 is 2.00 bits per heavy atom. The summed E-state index contributed by atoms with van der Waals surface area (Å²) in [6, 6.07) is 0. The average molecular weight is 349 g/mol. The lowest BCUT2D eigenvalue weighted by Crippen LogP contribution is -2.40. The van der Waals surface area contributed by atoms with Gasteiger partial charge in [0.15, 0.2) is 10.1 Å². The van der Waals surface area contributed by atoms with Gasteiger partial charge in [-0.05, 0) is 13.8 Å². The fourth-order valence-corrected chi connectivity index (χ4v) is 0.939. The highest BCUT2D eigenvalue weighted by Crippen LogP contribution is 2.20. The van der Waals surface area contributed by atoms with Crippen molar-refractivity contribution in [1.29, 1.82) is 0 Å². The zero-order valence-electron chi connectivity index (χ0n) is 13.1. The molecule has 22 heavy (non-hydrogen) atoms. The molecule has 132 valence electrons. The minimum Gasteiger partial charge on any atom is -0.741 e. The summed E-state index contributed by atoms with van der Waals surface area (Å²) >= 11 is 0. The molecule has 0 heterocycles. The summed E-state index contributed by atoms with van der Waals surface area (Å²) in [6.07, 6.45) is 0.903. The highest BCUT2D eigenvalue weighted by atomic mass is 32.2. The van der Waals surface area contributed by atoms with E-state index in [9.17, 15) is 18.0 Å². The van der Waals surface area contributed by atoms with E-state index in [1.165, 1.54) is 0 Å². The maximum atomic E-state index is 11.0. The molecule has 0 N–H and O–H groups in total. The largest absolute Gasteiger partial charge is 0.741 e. The molecule has 0 bridgehead atoms. The zero-order valence-corrected chi connectivity index (χ0v) is 13.9. The van der Waals surface area contributed by atoms with E-state index in [0.29, 0.717) is 12.2 Å². The van der Waals surface area contributed by atoms with Crippen LogP contribution in [0.25, 0.3) is 0 Å². The second-order valence-electron chi connectivity index (χ2n) is 5.15. The molecule has 0 aromatic heterocycles. The second-order valence-corrected chi connectivity index (χ2v) is 6.52. The number of ether oxygens (including phenoxy) is 1. The number of carbonyl (C=O) groups excluding carboxylic acids is 1. The lowest BCUT2D eigenvalue weighted by molar-refractivity contribution is -0.888. The SMILES string of the molecule is C=C(C)C(=O)OCCC[N+](C)(C)CC.O=S(=O)([O-])C(F)(F)F. The first-order chi connectivity index (χ1) is 9.64. The van der Waals surface area contributed by atoms with Crippen LogP contribution in [0, 0.1) is 0 Å². The summed E-state index contributed by atoms with van der Waals surface area (Å²) in [5.41, 5.74) is -5.18. The Balaban J connectivity index is 0. The minimum absolute atomic E-state index is 0.285. The number of carbonyl (C=O) groups is 1. The molecule has 0 radical (unpaired) electrons. The van der Waals surface area contributed by atoms with Crippen LogP contribution in [0.1, 0.15) is 20.3 Å². The van der Waals surface area contributed by atoms with Crippen LogP contribution >= 0.6 is 0 Å². The molecular formula is C12H22F3NO5S. The first-order valence-electron chi connectivity index (χ1n) is 6.31. The van der Waals surface area contributed by atoms with Gasteiger partial charge in [-0.2, -0.15) is 13.2 Å². The fourth-order valence-electron chi connectivity index (χ4n) is 0.939. The van der Waals surface area contributed by atoms with Crippen molar-refractivity contribution in [2.75, 3.05) is 33.8 Å². The van der Waals surface area contributed by atoms with E-state index >= 15 is 0 Å². The molecule has 0 saturated heterocycles. The van der Waals surface area contributed by atoms with Crippen molar-refractivity contribution in [2.45, 2.75) is 25.8 Å². The molecule has 0 spiro atoms. The van der Waals surface area contributed by atoms with Gasteiger partial charge in [-0.3, -0.25) is 0 Å². The molecule has 0 aliphatic carbocycles. The van der Waals surface area contributed by atoms with Crippen LogP contribution in [0.5, 0.6) is 0 Å². The molecule has 0 aromatic carbocycles. The van der Waals surface area contributed by atoms with Gasteiger partial charge in [0, 0.05) is 12.0 Å². The number of alkyl halides is 3. The Labute approximate surface area is 128 Å². The number of hydrogen-bond acceptors (Lipinski definition) is 5. The van der Waals surface area contributed by atoms with Crippen LogP contribution < -0.4 is 0 Å². The van der Waals surface area contributed by atoms with Crippen molar-refractivity contribution < 1.29 is 40.2 Å². The van der Waals surface area contributed by atoms with Crippen molar-refractivity contribution in [3.8, 4) is 0 Å². The monoisotopic (exact) mass is 349 g/mol. The van der Waals surface area contributed by atoms with Crippen molar-refractivity contribution in [1.82, 2.24) is 0 Å². The van der Waals surface area contributed by atoms with E-state index < -0.39 is 15.6 Å². The Hall–Kier alpha value is -1.13. The van der Waals surface area contributed by atoms with Crippen LogP contribution in [0.3, 0.4) is 0 Å². The van der Waals surface area contributed by atoms with Gasteiger partial charge in [0.1, 0.15) is 0 Å². The molecule has 0 aromatic rings. The highest BCUT2D eigenvalue weighted by Gasteiger charge is 2.36. The van der Waals surface area contributed by atoms with Crippen LogP contribution in [-0.4, -0.2) is 62.7 Å². The van der Waals surface area contributed by atoms with E-state index in [2.05, 4.69) is 27.6 Å². The predicted molar refractivity (Wildman–Crippen MR) is 73.7 cm³/mol. The highest BCUT2D eigenvalue weighted by molar-refractivity contribution is 7.86. The first-order valence-corrected chi connectivity index (χ1v) is 7.71. The lowest BCUT2D eigenvalue weighted by atomic mass is 10.3. The Kier molecular flexibility index (Phi) is 9.58. The van der Waals surface area contributed by atoms with Crippen LogP contribution in [-0.2, 0) is 19.6 Å². The molecule has 0 amide bonds. The molecule has 0 fully saturated rings. The zero-order chi connectivity index (χ0) is 18.2. The predicted octanol–water partition coefficient (Wildman–Crippen LogP) is 1.64. The molecule has 0 saturated carbocycles. The standard InChI is InChI=1S/C11H22NO2.CHF3O3S/c1-6-12(4,5)8-7-9-14-11(13)10(2)3;2-1(3,4)8(5,6)7/h2,6-9H2,1,3-5H3;(H,5,6,7)/q+1;/p-1. The quantitative estimate of drug-likeness (QED) is 0.182. The second kappa shape index (κ2) is 9.11. The van der Waals surface area contributed by atoms with E-state index in [0.717, 1.165) is 24.0 Å². The van der Waals surface area contributed by atoms with Crippen molar-refractivity contribution in [3.63, 3.8) is 0 Å².